The summed E-state index contributed by atoms with van der Waals surface area (Å²) >= 11 is 1.64. The van der Waals surface area contributed by atoms with Gasteiger partial charge in [-0.15, -0.1) is 11.3 Å². The molecule has 0 spiro atoms. The van der Waals surface area contributed by atoms with Gasteiger partial charge in [-0.25, -0.2) is 0 Å². The molecule has 0 atom stereocenters. The Balaban J connectivity index is 2.90. The van der Waals surface area contributed by atoms with Crippen LogP contribution in [-0.2, 0) is 6.42 Å². The van der Waals surface area contributed by atoms with E-state index in [1.54, 1.807) is 11.3 Å². The molecule has 1 aromatic rings. The number of allylic oxidation sites excluding steroid dienone is 1. The molecule has 0 saturated carbocycles. The molecule has 0 bridgehead atoms. The van der Waals surface area contributed by atoms with Crippen molar-refractivity contribution >= 4 is 17.0 Å². The first-order valence-electron chi connectivity index (χ1n) is 3.72. The molecule has 3 heteroatoms. The highest BCUT2D eigenvalue weighted by Gasteiger charge is 1.99. The smallest absolute Gasteiger partial charge is 0.0934 e. The van der Waals surface area contributed by atoms with Gasteiger partial charge >= 0.3 is 0 Å². The standard InChI is InChI=1S/C9H10N2S/c1-2-7-3-4-9(12-7)8(11)5-6-10/h3-5H,2,11H2,1H3/b8-5-. The fourth-order valence-corrected chi connectivity index (χ4v) is 1.74. The fourth-order valence-electron chi connectivity index (χ4n) is 0.864. The Kier molecular flexibility index (Phi) is 2.89. The van der Waals surface area contributed by atoms with Crippen LogP contribution >= 0.6 is 11.3 Å². The number of nitrogens with zero attached hydrogens (tertiary/aromatic N) is 1. The molecular weight excluding hydrogens is 168 g/mol. The monoisotopic (exact) mass is 178 g/mol. The van der Waals surface area contributed by atoms with E-state index in [9.17, 15) is 0 Å². The van der Waals surface area contributed by atoms with Crippen LogP contribution in [0.25, 0.3) is 5.70 Å². The summed E-state index contributed by atoms with van der Waals surface area (Å²) in [5.74, 6) is 0. The van der Waals surface area contributed by atoms with Gasteiger partial charge < -0.3 is 5.73 Å². The lowest BCUT2D eigenvalue weighted by Crippen LogP contribution is -1.91. The number of hydrogen-bond acceptors (Lipinski definition) is 3. The van der Waals surface area contributed by atoms with Crippen LogP contribution in [0.15, 0.2) is 18.2 Å². The van der Waals surface area contributed by atoms with Crippen molar-refractivity contribution in [2.24, 2.45) is 5.73 Å². The molecule has 0 fully saturated rings. The number of thiophene rings is 1. The van der Waals surface area contributed by atoms with Gasteiger partial charge in [-0.1, -0.05) is 6.92 Å². The minimum absolute atomic E-state index is 0.558. The maximum atomic E-state index is 8.36. The molecule has 2 N–H and O–H groups in total. The van der Waals surface area contributed by atoms with Crippen LogP contribution in [0.3, 0.4) is 0 Å². The molecular formula is C9H10N2S. The van der Waals surface area contributed by atoms with Crippen molar-refractivity contribution in [3.63, 3.8) is 0 Å². The molecule has 1 aromatic heterocycles. The van der Waals surface area contributed by atoms with Gasteiger partial charge in [0, 0.05) is 11.0 Å². The molecule has 2 nitrogen and oxygen atoms in total. The van der Waals surface area contributed by atoms with Crippen LogP contribution in [0.1, 0.15) is 16.7 Å². The maximum absolute atomic E-state index is 8.36. The van der Waals surface area contributed by atoms with Crippen molar-refractivity contribution in [3.05, 3.63) is 28.0 Å². The van der Waals surface area contributed by atoms with Gasteiger partial charge in [0.25, 0.3) is 0 Å². The summed E-state index contributed by atoms with van der Waals surface area (Å²) in [6.07, 6.45) is 2.38. The van der Waals surface area contributed by atoms with Gasteiger partial charge in [0.2, 0.25) is 0 Å². The minimum Gasteiger partial charge on any atom is -0.397 e. The maximum Gasteiger partial charge on any atom is 0.0934 e. The summed E-state index contributed by atoms with van der Waals surface area (Å²) < 4.78 is 0. The van der Waals surface area contributed by atoms with Crippen molar-refractivity contribution in [3.8, 4) is 6.07 Å². The van der Waals surface area contributed by atoms with Crippen molar-refractivity contribution in [1.82, 2.24) is 0 Å². The van der Waals surface area contributed by atoms with Crippen LogP contribution in [0.4, 0.5) is 0 Å². The second-order valence-electron chi connectivity index (χ2n) is 2.35. The van der Waals surface area contributed by atoms with Crippen molar-refractivity contribution in [2.75, 3.05) is 0 Å². The normalized spacial score (nSPS) is 11.2. The van der Waals surface area contributed by atoms with E-state index in [4.69, 9.17) is 11.0 Å². The summed E-state index contributed by atoms with van der Waals surface area (Å²) in [5, 5.41) is 8.36. The molecule has 0 saturated heterocycles. The summed E-state index contributed by atoms with van der Waals surface area (Å²) in [7, 11) is 0. The molecule has 12 heavy (non-hydrogen) atoms. The highest BCUT2D eigenvalue weighted by atomic mass is 32.1. The molecule has 62 valence electrons. The number of nitriles is 1. The van der Waals surface area contributed by atoms with Crippen LogP contribution in [0, 0.1) is 11.3 Å². The zero-order valence-corrected chi connectivity index (χ0v) is 7.69. The van der Waals surface area contributed by atoms with Gasteiger partial charge in [-0.2, -0.15) is 5.26 Å². The SMILES string of the molecule is CCc1ccc(/C(N)=C/C#N)s1. The third-order valence-corrected chi connectivity index (χ3v) is 2.79. The molecule has 0 unspecified atom stereocenters. The van der Waals surface area contributed by atoms with Gasteiger partial charge in [0.1, 0.15) is 0 Å². The first-order chi connectivity index (χ1) is 5.77. The highest BCUT2D eigenvalue weighted by molar-refractivity contribution is 7.13. The number of nitrogens with two attached hydrogens (primary N) is 1. The lowest BCUT2D eigenvalue weighted by molar-refractivity contribution is 1.19. The van der Waals surface area contributed by atoms with E-state index >= 15 is 0 Å². The lowest BCUT2D eigenvalue weighted by Gasteiger charge is -1.91. The fraction of sp³-hybridized carbons (Fsp3) is 0.222. The van der Waals surface area contributed by atoms with Gasteiger partial charge in [0.15, 0.2) is 0 Å². The van der Waals surface area contributed by atoms with E-state index in [2.05, 4.69) is 6.92 Å². The molecule has 0 amide bonds. The quantitative estimate of drug-likeness (QED) is 0.705. The van der Waals surface area contributed by atoms with E-state index in [1.165, 1.54) is 11.0 Å². The Morgan fingerprint density at radius 3 is 3.00 bits per heavy atom. The molecule has 0 aliphatic carbocycles. The largest absolute Gasteiger partial charge is 0.397 e. The second kappa shape index (κ2) is 3.93. The van der Waals surface area contributed by atoms with Crippen LogP contribution < -0.4 is 5.73 Å². The first kappa shape index (κ1) is 8.82. The van der Waals surface area contributed by atoms with E-state index < -0.39 is 0 Å². The Hall–Kier alpha value is -1.27. The predicted molar refractivity (Wildman–Crippen MR) is 51.5 cm³/mol. The summed E-state index contributed by atoms with van der Waals surface area (Å²) in [4.78, 5) is 2.27. The second-order valence-corrected chi connectivity index (χ2v) is 3.52. The Labute approximate surface area is 75.9 Å². The first-order valence-corrected chi connectivity index (χ1v) is 4.54. The lowest BCUT2D eigenvalue weighted by atomic mass is 10.3. The third kappa shape index (κ3) is 1.86. The van der Waals surface area contributed by atoms with Crippen LogP contribution in [0.5, 0.6) is 0 Å². The average molecular weight is 178 g/mol. The van der Waals surface area contributed by atoms with E-state index in [0.717, 1.165) is 11.3 Å². The van der Waals surface area contributed by atoms with Crippen molar-refractivity contribution < 1.29 is 0 Å². The number of rotatable bonds is 2. The zero-order valence-electron chi connectivity index (χ0n) is 6.87. The average Bonchev–Trinajstić information content (AvgIpc) is 2.52. The predicted octanol–water partition coefficient (Wildman–Crippen LogP) is 2.13. The molecule has 1 heterocycles. The van der Waals surface area contributed by atoms with E-state index in [0.29, 0.717) is 5.70 Å². The zero-order chi connectivity index (χ0) is 8.97. The van der Waals surface area contributed by atoms with Gasteiger partial charge in [0.05, 0.1) is 16.6 Å². The van der Waals surface area contributed by atoms with Crippen LogP contribution in [0.2, 0.25) is 0 Å². The van der Waals surface area contributed by atoms with Crippen molar-refractivity contribution in [1.29, 1.82) is 5.26 Å². The molecule has 0 aliphatic rings. The summed E-state index contributed by atoms with van der Waals surface area (Å²) in [5.41, 5.74) is 6.18. The van der Waals surface area contributed by atoms with Gasteiger partial charge in [-0.05, 0) is 18.6 Å². The summed E-state index contributed by atoms with van der Waals surface area (Å²) in [6, 6.07) is 5.90. The van der Waals surface area contributed by atoms with E-state index in [1.807, 2.05) is 18.2 Å². The minimum atomic E-state index is 0.558. The molecule has 0 aliphatic heterocycles. The Morgan fingerprint density at radius 2 is 2.50 bits per heavy atom. The Morgan fingerprint density at radius 1 is 1.75 bits per heavy atom. The number of aryl methyl sites for hydroxylation is 1. The molecule has 1 rings (SSSR count). The van der Waals surface area contributed by atoms with E-state index in [-0.39, 0.29) is 0 Å². The molecule has 0 aromatic carbocycles. The number of hydrogen-bond donors (Lipinski definition) is 1. The summed E-state index contributed by atoms with van der Waals surface area (Å²) in [6.45, 7) is 2.10. The van der Waals surface area contributed by atoms with Crippen molar-refractivity contribution in [2.45, 2.75) is 13.3 Å². The molecule has 0 radical (unpaired) electrons. The highest BCUT2D eigenvalue weighted by Crippen LogP contribution is 2.21. The van der Waals surface area contributed by atoms with Crippen LogP contribution in [-0.4, -0.2) is 0 Å². The Bertz CT molecular complexity index is 331. The third-order valence-electron chi connectivity index (χ3n) is 1.51. The topological polar surface area (TPSA) is 49.8 Å². The van der Waals surface area contributed by atoms with Gasteiger partial charge in [-0.3, -0.25) is 0 Å².